The van der Waals surface area contributed by atoms with Gasteiger partial charge in [-0.1, -0.05) is 0 Å². The van der Waals surface area contributed by atoms with Crippen LogP contribution >= 0.6 is 0 Å². The lowest BCUT2D eigenvalue weighted by molar-refractivity contribution is -0.122. The molecule has 1 N–H and O–H groups in total. The van der Waals surface area contributed by atoms with Crippen molar-refractivity contribution >= 4 is 28.9 Å². The van der Waals surface area contributed by atoms with E-state index in [4.69, 9.17) is 4.74 Å². The largest absolute Gasteiger partial charge is 0.497 e. The van der Waals surface area contributed by atoms with Crippen molar-refractivity contribution in [2.75, 3.05) is 41.9 Å². The van der Waals surface area contributed by atoms with Crippen molar-refractivity contribution in [3.8, 4) is 5.75 Å². The Hall–Kier alpha value is -3.02. The molecule has 2 aliphatic rings. The number of anilines is 3. The number of hydrogen-bond donors (Lipinski definition) is 1. The minimum absolute atomic E-state index is 0.0104. The fourth-order valence-electron chi connectivity index (χ4n) is 3.87. The first-order valence-corrected chi connectivity index (χ1v) is 9.74. The van der Waals surface area contributed by atoms with Gasteiger partial charge in [0.15, 0.2) is 0 Å². The van der Waals surface area contributed by atoms with Crippen LogP contribution in [0.25, 0.3) is 0 Å². The van der Waals surface area contributed by atoms with Crippen molar-refractivity contribution in [1.29, 1.82) is 0 Å². The molecule has 0 aromatic heterocycles. The molecule has 0 spiro atoms. The molecule has 2 aromatic rings. The van der Waals surface area contributed by atoms with Gasteiger partial charge in [-0.2, -0.15) is 0 Å². The normalized spacial score (nSPS) is 19.2. The Morgan fingerprint density at radius 2 is 1.64 bits per heavy atom. The molecular weight excluding hydrogens is 354 g/mol. The molecule has 1 unspecified atom stereocenters. The summed E-state index contributed by atoms with van der Waals surface area (Å²) in [6.45, 7) is 2.59. The predicted molar refractivity (Wildman–Crippen MR) is 110 cm³/mol. The first-order chi connectivity index (χ1) is 13.6. The predicted octanol–water partition coefficient (Wildman–Crippen LogP) is 3.29. The number of ether oxygens (including phenoxy) is 1. The van der Waals surface area contributed by atoms with Crippen molar-refractivity contribution in [3.63, 3.8) is 0 Å². The van der Waals surface area contributed by atoms with Crippen LogP contribution in [0.15, 0.2) is 48.5 Å². The maximum absolute atomic E-state index is 12.6. The molecule has 0 bridgehead atoms. The van der Waals surface area contributed by atoms with E-state index in [1.807, 2.05) is 12.1 Å². The molecule has 6 heteroatoms. The third kappa shape index (κ3) is 3.81. The summed E-state index contributed by atoms with van der Waals surface area (Å²) in [4.78, 5) is 29.2. The molecule has 1 atom stereocenters. The molecule has 0 saturated carbocycles. The standard InChI is InChI=1S/C22H25N3O3/c1-28-20-10-4-17(5-11-20)23-22(27)16-14-21(26)25(15-16)19-8-6-18(7-9-19)24-12-2-3-13-24/h4-11,16H,2-3,12-15H2,1H3,(H,23,27). The van der Waals surface area contributed by atoms with Crippen LogP contribution in [0.3, 0.4) is 0 Å². The van der Waals surface area contributed by atoms with E-state index in [0.717, 1.165) is 24.5 Å². The van der Waals surface area contributed by atoms with E-state index in [2.05, 4.69) is 22.3 Å². The summed E-state index contributed by atoms with van der Waals surface area (Å²) in [6.07, 6.45) is 2.70. The Labute approximate surface area is 165 Å². The minimum Gasteiger partial charge on any atom is -0.497 e. The van der Waals surface area contributed by atoms with E-state index in [1.54, 1.807) is 36.3 Å². The molecule has 146 valence electrons. The second kappa shape index (κ2) is 7.92. The Balaban J connectivity index is 1.39. The summed E-state index contributed by atoms with van der Waals surface area (Å²) >= 11 is 0. The quantitative estimate of drug-likeness (QED) is 0.866. The van der Waals surface area contributed by atoms with Gasteiger partial charge in [0.2, 0.25) is 11.8 Å². The van der Waals surface area contributed by atoms with Crippen molar-refractivity contribution in [2.24, 2.45) is 5.92 Å². The summed E-state index contributed by atoms with van der Waals surface area (Å²) in [7, 11) is 1.60. The van der Waals surface area contributed by atoms with Crippen molar-refractivity contribution in [2.45, 2.75) is 19.3 Å². The van der Waals surface area contributed by atoms with Crippen LogP contribution in [0.4, 0.5) is 17.1 Å². The van der Waals surface area contributed by atoms with Gasteiger partial charge in [-0.3, -0.25) is 9.59 Å². The average molecular weight is 379 g/mol. The number of nitrogens with zero attached hydrogens (tertiary/aromatic N) is 2. The van der Waals surface area contributed by atoms with Crippen molar-refractivity contribution in [1.82, 2.24) is 0 Å². The highest BCUT2D eigenvalue weighted by atomic mass is 16.5. The third-order valence-electron chi connectivity index (χ3n) is 5.49. The third-order valence-corrected chi connectivity index (χ3v) is 5.49. The van der Waals surface area contributed by atoms with Crippen LogP contribution in [0, 0.1) is 5.92 Å². The molecule has 0 aliphatic carbocycles. The van der Waals surface area contributed by atoms with E-state index >= 15 is 0 Å². The molecule has 2 aromatic carbocycles. The summed E-state index contributed by atoms with van der Waals surface area (Å²) < 4.78 is 5.12. The summed E-state index contributed by atoms with van der Waals surface area (Å²) in [6, 6.07) is 15.3. The number of nitrogens with one attached hydrogen (secondary N) is 1. The van der Waals surface area contributed by atoms with Crippen LogP contribution in [-0.4, -0.2) is 38.6 Å². The van der Waals surface area contributed by atoms with Gasteiger partial charge >= 0.3 is 0 Å². The molecule has 2 saturated heterocycles. The highest BCUT2D eigenvalue weighted by Crippen LogP contribution is 2.29. The lowest BCUT2D eigenvalue weighted by Gasteiger charge is -2.20. The Bertz CT molecular complexity index is 842. The Morgan fingerprint density at radius 3 is 2.29 bits per heavy atom. The Kier molecular flexibility index (Phi) is 5.19. The maximum atomic E-state index is 12.6. The topological polar surface area (TPSA) is 61.9 Å². The smallest absolute Gasteiger partial charge is 0.229 e. The zero-order valence-corrected chi connectivity index (χ0v) is 16.1. The summed E-state index contributed by atoms with van der Waals surface area (Å²) in [5, 5.41) is 2.89. The Morgan fingerprint density at radius 1 is 1.00 bits per heavy atom. The number of carbonyl (C=O) groups is 2. The van der Waals surface area contributed by atoms with Gasteiger partial charge in [-0.25, -0.2) is 0 Å². The van der Waals surface area contributed by atoms with Gasteiger partial charge in [0.25, 0.3) is 0 Å². The molecule has 6 nitrogen and oxygen atoms in total. The fraction of sp³-hybridized carbons (Fsp3) is 0.364. The number of carbonyl (C=O) groups excluding carboxylic acids is 2. The van der Waals surface area contributed by atoms with E-state index in [0.29, 0.717) is 12.2 Å². The van der Waals surface area contributed by atoms with E-state index in [1.165, 1.54) is 18.5 Å². The van der Waals surface area contributed by atoms with Crippen molar-refractivity contribution < 1.29 is 14.3 Å². The number of benzene rings is 2. The van der Waals surface area contributed by atoms with Crippen molar-refractivity contribution in [3.05, 3.63) is 48.5 Å². The molecule has 2 fully saturated rings. The highest BCUT2D eigenvalue weighted by molar-refractivity contribution is 6.03. The van der Waals surface area contributed by atoms with Gasteiger partial charge in [0, 0.05) is 43.1 Å². The SMILES string of the molecule is COc1ccc(NC(=O)C2CC(=O)N(c3ccc(N4CCCC4)cc3)C2)cc1. The molecule has 4 rings (SSSR count). The first kappa shape index (κ1) is 18.3. The highest BCUT2D eigenvalue weighted by Gasteiger charge is 2.35. The van der Waals surface area contributed by atoms with Crippen LogP contribution < -0.4 is 19.9 Å². The van der Waals surface area contributed by atoms with E-state index in [-0.39, 0.29) is 24.2 Å². The minimum atomic E-state index is -0.354. The van der Waals surface area contributed by atoms with Gasteiger partial charge < -0.3 is 19.9 Å². The summed E-state index contributed by atoms with van der Waals surface area (Å²) in [5.74, 6) is 0.240. The van der Waals surface area contributed by atoms with E-state index < -0.39 is 0 Å². The maximum Gasteiger partial charge on any atom is 0.229 e. The molecule has 2 heterocycles. The molecule has 2 aliphatic heterocycles. The molecule has 2 amide bonds. The number of hydrogen-bond acceptors (Lipinski definition) is 4. The average Bonchev–Trinajstić information content (AvgIpc) is 3.39. The van der Waals surface area contributed by atoms with Gasteiger partial charge in [-0.05, 0) is 61.4 Å². The first-order valence-electron chi connectivity index (χ1n) is 9.74. The zero-order valence-electron chi connectivity index (χ0n) is 16.1. The second-order valence-electron chi connectivity index (χ2n) is 7.33. The van der Waals surface area contributed by atoms with Crippen LogP contribution in [0.5, 0.6) is 5.75 Å². The molecule has 0 radical (unpaired) electrons. The van der Waals surface area contributed by atoms with Crippen LogP contribution in [0.2, 0.25) is 0 Å². The monoisotopic (exact) mass is 379 g/mol. The van der Waals surface area contributed by atoms with Gasteiger partial charge in [0.05, 0.1) is 13.0 Å². The lowest BCUT2D eigenvalue weighted by atomic mass is 10.1. The van der Waals surface area contributed by atoms with Gasteiger partial charge in [-0.15, -0.1) is 0 Å². The fourth-order valence-corrected chi connectivity index (χ4v) is 3.87. The molecular formula is C22H25N3O3. The zero-order chi connectivity index (χ0) is 19.5. The number of methoxy groups -OCH3 is 1. The lowest BCUT2D eigenvalue weighted by Crippen LogP contribution is -2.28. The second-order valence-corrected chi connectivity index (χ2v) is 7.33. The summed E-state index contributed by atoms with van der Waals surface area (Å²) in [5.41, 5.74) is 2.75. The van der Waals surface area contributed by atoms with Crippen LogP contribution in [-0.2, 0) is 9.59 Å². The van der Waals surface area contributed by atoms with Crippen LogP contribution in [0.1, 0.15) is 19.3 Å². The number of amides is 2. The molecule has 28 heavy (non-hydrogen) atoms. The van der Waals surface area contributed by atoms with Gasteiger partial charge in [0.1, 0.15) is 5.75 Å². The number of rotatable bonds is 5. The van der Waals surface area contributed by atoms with E-state index in [9.17, 15) is 9.59 Å².